The molecular weight excluding hydrogens is 151 g/mol. The van der Waals surface area contributed by atoms with Gasteiger partial charge in [-0.3, -0.25) is 0 Å². The van der Waals surface area contributed by atoms with Crippen molar-refractivity contribution < 1.29 is 4.39 Å². The van der Waals surface area contributed by atoms with Gasteiger partial charge in [0.25, 0.3) is 0 Å². The Balaban J connectivity index is 2.29. The lowest BCUT2D eigenvalue weighted by molar-refractivity contribution is 0.577. The van der Waals surface area contributed by atoms with E-state index in [0.717, 1.165) is 12.8 Å². The van der Waals surface area contributed by atoms with Gasteiger partial charge in [-0.25, -0.2) is 4.39 Å². The van der Waals surface area contributed by atoms with Gasteiger partial charge < -0.3 is 0 Å². The van der Waals surface area contributed by atoms with Crippen LogP contribution in [0.25, 0.3) is 0 Å². The van der Waals surface area contributed by atoms with E-state index in [4.69, 9.17) is 0 Å². The number of halogens is 1. The third-order valence-electron chi connectivity index (χ3n) is 1.76. The van der Waals surface area contributed by atoms with Crippen molar-refractivity contribution in [1.82, 2.24) is 0 Å². The maximum Gasteiger partial charge on any atom is 0.0928 e. The molecule has 0 heterocycles. The van der Waals surface area contributed by atoms with Gasteiger partial charge in [0, 0.05) is 0 Å². The molecule has 1 aromatic rings. The van der Waals surface area contributed by atoms with Crippen molar-refractivity contribution >= 4 is 0 Å². The first-order valence-electron chi connectivity index (χ1n) is 4.16. The SMILES string of the molecule is C=C(F)CCCc1ccccc1. The lowest BCUT2D eigenvalue weighted by Gasteiger charge is -1.98. The average Bonchev–Trinajstić information content (AvgIpc) is 2.05. The molecule has 0 radical (unpaired) electrons. The van der Waals surface area contributed by atoms with E-state index in [2.05, 4.69) is 18.7 Å². The molecule has 1 rings (SSSR count). The Morgan fingerprint density at radius 3 is 2.50 bits per heavy atom. The molecule has 0 aromatic heterocycles. The van der Waals surface area contributed by atoms with Crippen LogP contribution in [-0.2, 0) is 6.42 Å². The van der Waals surface area contributed by atoms with Crippen LogP contribution in [0.5, 0.6) is 0 Å². The second-order valence-corrected chi connectivity index (χ2v) is 2.86. The summed E-state index contributed by atoms with van der Waals surface area (Å²) in [4.78, 5) is 0. The molecule has 0 aliphatic heterocycles. The van der Waals surface area contributed by atoms with Crippen LogP contribution < -0.4 is 0 Å². The van der Waals surface area contributed by atoms with Crippen LogP contribution in [0.1, 0.15) is 18.4 Å². The topological polar surface area (TPSA) is 0 Å². The molecular formula is C11H13F. The smallest absolute Gasteiger partial charge is 0.0928 e. The van der Waals surface area contributed by atoms with Crippen molar-refractivity contribution in [2.45, 2.75) is 19.3 Å². The highest BCUT2D eigenvalue weighted by molar-refractivity contribution is 5.14. The van der Waals surface area contributed by atoms with Crippen molar-refractivity contribution in [3.05, 3.63) is 48.3 Å². The maximum absolute atomic E-state index is 12.2. The molecule has 0 N–H and O–H groups in total. The Morgan fingerprint density at radius 2 is 1.92 bits per heavy atom. The van der Waals surface area contributed by atoms with Crippen molar-refractivity contribution in [2.75, 3.05) is 0 Å². The number of benzene rings is 1. The molecule has 0 saturated carbocycles. The standard InChI is InChI=1S/C11H13F/c1-10(12)6-5-9-11-7-3-2-4-8-11/h2-4,7-8H,1,5-6,9H2. The van der Waals surface area contributed by atoms with Crippen molar-refractivity contribution in [3.8, 4) is 0 Å². The fourth-order valence-corrected chi connectivity index (χ4v) is 1.13. The zero-order valence-electron chi connectivity index (χ0n) is 7.09. The molecule has 0 bridgehead atoms. The molecule has 0 fully saturated rings. The molecule has 64 valence electrons. The quantitative estimate of drug-likeness (QED) is 0.639. The summed E-state index contributed by atoms with van der Waals surface area (Å²) in [5.74, 6) is -0.217. The Hall–Kier alpha value is -1.11. The third-order valence-corrected chi connectivity index (χ3v) is 1.76. The van der Waals surface area contributed by atoms with Crippen LogP contribution in [-0.4, -0.2) is 0 Å². The Morgan fingerprint density at radius 1 is 1.25 bits per heavy atom. The summed E-state index contributed by atoms with van der Waals surface area (Å²) in [5.41, 5.74) is 1.26. The molecule has 1 aromatic carbocycles. The number of hydrogen-bond acceptors (Lipinski definition) is 0. The number of rotatable bonds is 4. The van der Waals surface area contributed by atoms with E-state index in [1.165, 1.54) is 5.56 Å². The average molecular weight is 164 g/mol. The van der Waals surface area contributed by atoms with Gasteiger partial charge in [0.05, 0.1) is 5.83 Å². The van der Waals surface area contributed by atoms with Crippen molar-refractivity contribution in [1.29, 1.82) is 0 Å². The van der Waals surface area contributed by atoms with Crippen LogP contribution in [0.3, 0.4) is 0 Å². The highest BCUT2D eigenvalue weighted by Crippen LogP contribution is 2.08. The van der Waals surface area contributed by atoms with Gasteiger partial charge in [0.1, 0.15) is 0 Å². The lowest BCUT2D eigenvalue weighted by atomic mass is 10.1. The fourth-order valence-electron chi connectivity index (χ4n) is 1.13. The largest absolute Gasteiger partial charge is 0.212 e. The first-order valence-corrected chi connectivity index (χ1v) is 4.16. The molecule has 0 spiro atoms. The molecule has 0 saturated heterocycles. The van der Waals surface area contributed by atoms with E-state index in [1.54, 1.807) is 0 Å². The molecule has 0 aliphatic rings. The predicted octanol–water partition coefficient (Wildman–Crippen LogP) is 3.49. The van der Waals surface area contributed by atoms with E-state index >= 15 is 0 Å². The van der Waals surface area contributed by atoms with Crippen LogP contribution in [0.4, 0.5) is 4.39 Å². The van der Waals surface area contributed by atoms with Gasteiger partial charge in [-0.2, -0.15) is 0 Å². The zero-order chi connectivity index (χ0) is 8.81. The van der Waals surface area contributed by atoms with E-state index < -0.39 is 0 Å². The maximum atomic E-state index is 12.2. The highest BCUT2D eigenvalue weighted by atomic mass is 19.1. The summed E-state index contributed by atoms with van der Waals surface area (Å²) in [6.45, 7) is 3.22. The fraction of sp³-hybridized carbons (Fsp3) is 0.273. The van der Waals surface area contributed by atoms with Crippen LogP contribution in [0, 0.1) is 0 Å². The second-order valence-electron chi connectivity index (χ2n) is 2.86. The second kappa shape index (κ2) is 4.70. The van der Waals surface area contributed by atoms with Gasteiger partial charge >= 0.3 is 0 Å². The van der Waals surface area contributed by atoms with Crippen LogP contribution in [0.2, 0.25) is 0 Å². The third kappa shape index (κ3) is 3.33. The number of allylic oxidation sites excluding steroid dienone is 1. The minimum atomic E-state index is -0.217. The predicted molar refractivity (Wildman–Crippen MR) is 49.6 cm³/mol. The summed E-state index contributed by atoms with van der Waals surface area (Å²) < 4.78 is 12.2. The highest BCUT2D eigenvalue weighted by Gasteiger charge is 1.93. The minimum absolute atomic E-state index is 0.217. The van der Waals surface area contributed by atoms with Gasteiger partial charge in [0.15, 0.2) is 0 Å². The van der Waals surface area contributed by atoms with Gasteiger partial charge in [-0.1, -0.05) is 36.9 Å². The van der Waals surface area contributed by atoms with Crippen LogP contribution in [0.15, 0.2) is 42.7 Å². The monoisotopic (exact) mass is 164 g/mol. The summed E-state index contributed by atoms with van der Waals surface area (Å²) in [5, 5.41) is 0. The Bertz CT molecular complexity index is 238. The van der Waals surface area contributed by atoms with Crippen molar-refractivity contribution in [3.63, 3.8) is 0 Å². The summed E-state index contributed by atoms with van der Waals surface area (Å²) in [7, 11) is 0. The minimum Gasteiger partial charge on any atom is -0.212 e. The van der Waals surface area contributed by atoms with E-state index in [-0.39, 0.29) is 5.83 Å². The molecule has 1 heteroatoms. The summed E-state index contributed by atoms with van der Waals surface area (Å²) >= 11 is 0. The summed E-state index contributed by atoms with van der Waals surface area (Å²) in [6.07, 6.45) is 2.26. The molecule has 0 unspecified atom stereocenters. The van der Waals surface area contributed by atoms with E-state index in [9.17, 15) is 4.39 Å². The normalized spacial score (nSPS) is 9.75. The molecule has 12 heavy (non-hydrogen) atoms. The van der Waals surface area contributed by atoms with Gasteiger partial charge in [-0.15, -0.1) is 0 Å². The molecule has 0 amide bonds. The first kappa shape index (κ1) is 8.98. The zero-order valence-corrected chi connectivity index (χ0v) is 7.09. The Labute approximate surface area is 72.7 Å². The first-order chi connectivity index (χ1) is 5.79. The number of hydrogen-bond donors (Lipinski definition) is 0. The van der Waals surface area contributed by atoms with Gasteiger partial charge in [-0.05, 0) is 24.8 Å². The molecule has 0 nitrogen and oxygen atoms in total. The lowest BCUT2D eigenvalue weighted by Crippen LogP contribution is -1.84. The van der Waals surface area contributed by atoms with Crippen molar-refractivity contribution in [2.24, 2.45) is 0 Å². The molecule has 0 aliphatic carbocycles. The molecule has 0 atom stereocenters. The number of aryl methyl sites for hydroxylation is 1. The van der Waals surface area contributed by atoms with Gasteiger partial charge in [0.2, 0.25) is 0 Å². The Kier molecular flexibility index (Phi) is 3.52. The summed E-state index contributed by atoms with van der Waals surface area (Å²) in [6, 6.07) is 10.1. The van der Waals surface area contributed by atoms with E-state index in [0.29, 0.717) is 6.42 Å². The van der Waals surface area contributed by atoms with Crippen LogP contribution >= 0.6 is 0 Å². The van der Waals surface area contributed by atoms with E-state index in [1.807, 2.05) is 18.2 Å².